The molecule has 1 saturated carbocycles. The highest BCUT2D eigenvalue weighted by atomic mass is 15.2. The molecular weight excluding hydrogens is 236 g/mol. The van der Waals surface area contributed by atoms with Crippen molar-refractivity contribution in [2.24, 2.45) is 0 Å². The lowest BCUT2D eigenvalue weighted by molar-refractivity contribution is 0.408. The summed E-state index contributed by atoms with van der Waals surface area (Å²) in [6.07, 6.45) is 3.81. The van der Waals surface area contributed by atoms with Gasteiger partial charge in [-0.2, -0.15) is 5.10 Å². The summed E-state index contributed by atoms with van der Waals surface area (Å²) in [7, 11) is 1.97. The normalized spacial score (nSPS) is 15.0. The van der Waals surface area contributed by atoms with Crippen molar-refractivity contribution < 1.29 is 0 Å². The molecule has 0 saturated heterocycles. The molecule has 0 bridgehead atoms. The van der Waals surface area contributed by atoms with Crippen LogP contribution in [0, 0.1) is 0 Å². The highest BCUT2D eigenvalue weighted by molar-refractivity contribution is 5.63. The lowest BCUT2D eigenvalue weighted by Crippen LogP contribution is -2.15. The predicted molar refractivity (Wildman–Crippen MR) is 77.5 cm³/mol. The Balaban J connectivity index is 1.81. The Kier molecular flexibility index (Phi) is 3.07. The second-order valence-electron chi connectivity index (χ2n) is 5.10. The van der Waals surface area contributed by atoms with Gasteiger partial charge in [-0.3, -0.25) is 0 Å². The second kappa shape index (κ2) is 4.88. The quantitative estimate of drug-likeness (QED) is 0.855. The van der Waals surface area contributed by atoms with E-state index in [-0.39, 0.29) is 0 Å². The zero-order chi connectivity index (χ0) is 13.2. The van der Waals surface area contributed by atoms with E-state index in [1.54, 1.807) is 0 Å². The first-order chi connectivity index (χ1) is 9.24. The molecule has 3 rings (SSSR count). The van der Waals surface area contributed by atoms with Crippen LogP contribution in [0.5, 0.6) is 0 Å². The van der Waals surface area contributed by atoms with E-state index in [0.717, 1.165) is 22.9 Å². The fourth-order valence-corrected chi connectivity index (χ4v) is 2.30. The number of anilines is 3. The number of rotatable bonds is 3. The largest absolute Gasteiger partial charge is 0.399 e. The van der Waals surface area contributed by atoms with Gasteiger partial charge in [-0.15, -0.1) is 5.10 Å². The molecule has 0 aliphatic heterocycles. The van der Waals surface area contributed by atoms with Crippen LogP contribution in [0.15, 0.2) is 36.4 Å². The summed E-state index contributed by atoms with van der Waals surface area (Å²) in [4.78, 5) is 1.99. The van der Waals surface area contributed by atoms with E-state index in [2.05, 4.69) is 16.3 Å². The Morgan fingerprint density at radius 1 is 1.16 bits per heavy atom. The molecule has 0 spiro atoms. The van der Waals surface area contributed by atoms with Crippen molar-refractivity contribution in [3.8, 4) is 0 Å². The molecule has 4 heteroatoms. The Labute approximate surface area is 113 Å². The second-order valence-corrected chi connectivity index (χ2v) is 5.10. The Morgan fingerprint density at radius 2 is 2.00 bits per heavy atom. The minimum Gasteiger partial charge on any atom is -0.399 e. The molecule has 1 fully saturated rings. The SMILES string of the molecule is CN(c1cccc(N)c1)c1ccc(C2CCC2)nn1. The summed E-state index contributed by atoms with van der Waals surface area (Å²) in [5.41, 5.74) is 8.69. The van der Waals surface area contributed by atoms with Gasteiger partial charge in [-0.25, -0.2) is 0 Å². The van der Waals surface area contributed by atoms with Crippen LogP contribution >= 0.6 is 0 Å². The molecule has 0 unspecified atom stereocenters. The summed E-state index contributed by atoms with van der Waals surface area (Å²) in [5.74, 6) is 1.47. The van der Waals surface area contributed by atoms with Crippen molar-refractivity contribution >= 4 is 17.2 Å². The predicted octanol–water partition coefficient (Wildman–Crippen LogP) is 3.09. The van der Waals surface area contributed by atoms with Gasteiger partial charge >= 0.3 is 0 Å². The molecule has 0 radical (unpaired) electrons. The van der Waals surface area contributed by atoms with Crippen LogP contribution in [0.3, 0.4) is 0 Å². The topological polar surface area (TPSA) is 55.0 Å². The molecule has 4 nitrogen and oxygen atoms in total. The van der Waals surface area contributed by atoms with E-state index in [1.807, 2.05) is 42.3 Å². The van der Waals surface area contributed by atoms with Crippen LogP contribution < -0.4 is 10.6 Å². The van der Waals surface area contributed by atoms with Crippen molar-refractivity contribution in [3.63, 3.8) is 0 Å². The van der Waals surface area contributed by atoms with Crippen LogP contribution in [0.1, 0.15) is 30.9 Å². The van der Waals surface area contributed by atoms with E-state index in [4.69, 9.17) is 5.73 Å². The zero-order valence-electron chi connectivity index (χ0n) is 11.1. The number of nitrogens with two attached hydrogens (primary N) is 1. The molecule has 0 atom stereocenters. The van der Waals surface area contributed by atoms with Gasteiger partial charge in [0.15, 0.2) is 5.82 Å². The maximum absolute atomic E-state index is 5.80. The summed E-state index contributed by atoms with van der Waals surface area (Å²) in [6.45, 7) is 0. The van der Waals surface area contributed by atoms with Crippen molar-refractivity contribution in [2.45, 2.75) is 25.2 Å². The number of hydrogen-bond acceptors (Lipinski definition) is 4. The minimum absolute atomic E-state index is 0.624. The van der Waals surface area contributed by atoms with Gasteiger partial charge in [0.1, 0.15) is 0 Å². The van der Waals surface area contributed by atoms with E-state index >= 15 is 0 Å². The number of aromatic nitrogens is 2. The molecule has 1 heterocycles. The standard InChI is InChI=1S/C15H18N4/c1-19(13-7-3-6-12(16)10-13)15-9-8-14(17-18-15)11-4-2-5-11/h3,6-11H,2,4-5,16H2,1H3. The molecule has 2 aromatic rings. The van der Waals surface area contributed by atoms with E-state index in [1.165, 1.54) is 19.3 Å². The average molecular weight is 254 g/mol. The number of nitrogens with zero attached hydrogens (tertiary/aromatic N) is 3. The number of benzene rings is 1. The fourth-order valence-electron chi connectivity index (χ4n) is 2.30. The molecule has 1 aromatic carbocycles. The minimum atomic E-state index is 0.624. The lowest BCUT2D eigenvalue weighted by Gasteiger charge is -2.25. The van der Waals surface area contributed by atoms with E-state index < -0.39 is 0 Å². The molecule has 1 aliphatic rings. The third-order valence-electron chi connectivity index (χ3n) is 3.80. The third-order valence-corrected chi connectivity index (χ3v) is 3.80. The highest BCUT2D eigenvalue weighted by Crippen LogP contribution is 2.35. The van der Waals surface area contributed by atoms with Crippen LogP contribution in [0.2, 0.25) is 0 Å². The first-order valence-corrected chi connectivity index (χ1v) is 6.67. The van der Waals surface area contributed by atoms with Crippen LogP contribution in [-0.2, 0) is 0 Å². The van der Waals surface area contributed by atoms with Crippen molar-refractivity contribution in [3.05, 3.63) is 42.1 Å². The van der Waals surface area contributed by atoms with Gasteiger partial charge < -0.3 is 10.6 Å². The van der Waals surface area contributed by atoms with Gasteiger partial charge in [0, 0.05) is 24.3 Å². The summed E-state index contributed by atoms with van der Waals surface area (Å²) in [5, 5.41) is 8.67. The first kappa shape index (κ1) is 12.0. The van der Waals surface area contributed by atoms with Crippen LogP contribution in [0.25, 0.3) is 0 Å². The molecule has 1 aromatic heterocycles. The first-order valence-electron chi connectivity index (χ1n) is 6.67. The average Bonchev–Trinajstić information content (AvgIpc) is 2.37. The summed E-state index contributed by atoms with van der Waals surface area (Å²) >= 11 is 0. The number of hydrogen-bond donors (Lipinski definition) is 1. The van der Waals surface area contributed by atoms with Crippen molar-refractivity contribution in [1.29, 1.82) is 0 Å². The van der Waals surface area contributed by atoms with Gasteiger partial charge in [0.05, 0.1) is 5.69 Å². The highest BCUT2D eigenvalue weighted by Gasteiger charge is 2.21. The number of nitrogen functional groups attached to an aromatic ring is 1. The van der Waals surface area contributed by atoms with E-state index in [0.29, 0.717) is 5.92 Å². The van der Waals surface area contributed by atoms with Gasteiger partial charge in [-0.1, -0.05) is 12.5 Å². The van der Waals surface area contributed by atoms with Crippen molar-refractivity contribution in [2.75, 3.05) is 17.7 Å². The Bertz CT molecular complexity index is 561. The van der Waals surface area contributed by atoms with Gasteiger partial charge in [0.2, 0.25) is 0 Å². The molecule has 2 N–H and O–H groups in total. The van der Waals surface area contributed by atoms with Gasteiger partial charge in [0.25, 0.3) is 0 Å². The summed E-state index contributed by atoms with van der Waals surface area (Å²) in [6, 6.07) is 11.9. The van der Waals surface area contributed by atoms with Crippen LogP contribution in [-0.4, -0.2) is 17.2 Å². The van der Waals surface area contributed by atoms with Crippen LogP contribution in [0.4, 0.5) is 17.2 Å². The zero-order valence-corrected chi connectivity index (χ0v) is 11.1. The van der Waals surface area contributed by atoms with E-state index in [9.17, 15) is 0 Å². The fraction of sp³-hybridized carbons (Fsp3) is 0.333. The molecule has 1 aliphatic carbocycles. The molecule has 98 valence electrons. The third kappa shape index (κ3) is 2.38. The maximum atomic E-state index is 5.80. The molecule has 0 amide bonds. The van der Waals surface area contributed by atoms with Gasteiger partial charge in [-0.05, 0) is 43.2 Å². The lowest BCUT2D eigenvalue weighted by atomic mass is 9.83. The molecule has 19 heavy (non-hydrogen) atoms. The Hall–Kier alpha value is -2.10. The smallest absolute Gasteiger partial charge is 0.155 e. The Morgan fingerprint density at radius 3 is 2.58 bits per heavy atom. The maximum Gasteiger partial charge on any atom is 0.155 e. The summed E-state index contributed by atoms with van der Waals surface area (Å²) < 4.78 is 0. The van der Waals surface area contributed by atoms with Crippen molar-refractivity contribution in [1.82, 2.24) is 10.2 Å². The molecular formula is C15H18N4. The monoisotopic (exact) mass is 254 g/mol.